The van der Waals surface area contributed by atoms with Crippen molar-refractivity contribution in [2.75, 3.05) is 18.6 Å². The Hall–Kier alpha value is -2.53. The first kappa shape index (κ1) is 17.3. The van der Waals surface area contributed by atoms with Crippen LogP contribution in [-0.4, -0.2) is 25.5 Å². The Bertz CT molecular complexity index is 776. The topological polar surface area (TPSA) is 58.6 Å². The molecule has 5 nitrogen and oxygen atoms in total. The van der Waals surface area contributed by atoms with Gasteiger partial charge in [-0.1, -0.05) is 29.8 Å². The van der Waals surface area contributed by atoms with Crippen molar-refractivity contribution in [3.63, 3.8) is 0 Å². The van der Waals surface area contributed by atoms with Gasteiger partial charge in [0.1, 0.15) is 5.75 Å². The fraction of sp³-hybridized carbons (Fsp3) is 0.263. The van der Waals surface area contributed by atoms with E-state index in [4.69, 9.17) is 16.3 Å². The predicted octanol–water partition coefficient (Wildman–Crippen LogP) is 3.02. The number of nitrogens with zero attached hydrogens (tertiary/aromatic N) is 1. The maximum Gasteiger partial charge on any atom is 0.227 e. The minimum Gasteiger partial charge on any atom is -0.497 e. The fourth-order valence-electron chi connectivity index (χ4n) is 2.85. The zero-order chi connectivity index (χ0) is 17.8. The van der Waals surface area contributed by atoms with Gasteiger partial charge in [-0.2, -0.15) is 0 Å². The van der Waals surface area contributed by atoms with Crippen molar-refractivity contribution in [2.45, 2.75) is 13.0 Å². The van der Waals surface area contributed by atoms with Gasteiger partial charge >= 0.3 is 0 Å². The first-order valence-corrected chi connectivity index (χ1v) is 8.41. The molecule has 1 aliphatic heterocycles. The lowest BCUT2D eigenvalue weighted by molar-refractivity contribution is -0.126. The molecule has 1 fully saturated rings. The van der Waals surface area contributed by atoms with Crippen LogP contribution in [0.2, 0.25) is 5.02 Å². The van der Waals surface area contributed by atoms with Crippen LogP contribution in [0, 0.1) is 5.92 Å². The van der Waals surface area contributed by atoms with Crippen LogP contribution < -0.4 is 15.0 Å². The molecule has 0 spiro atoms. The minimum absolute atomic E-state index is 0.0557. The number of methoxy groups -OCH3 is 1. The predicted molar refractivity (Wildman–Crippen MR) is 96.8 cm³/mol. The third kappa shape index (κ3) is 4.12. The molecule has 1 aliphatic rings. The second-order valence-corrected chi connectivity index (χ2v) is 6.39. The molecule has 25 heavy (non-hydrogen) atoms. The number of carbonyl (C=O) groups excluding carboxylic acids is 2. The van der Waals surface area contributed by atoms with Crippen LogP contribution in [0.1, 0.15) is 12.0 Å². The molecule has 0 bridgehead atoms. The van der Waals surface area contributed by atoms with Crippen LogP contribution in [-0.2, 0) is 16.1 Å². The summed E-state index contributed by atoms with van der Waals surface area (Å²) in [6, 6.07) is 14.6. The zero-order valence-electron chi connectivity index (χ0n) is 13.9. The molecule has 0 aromatic heterocycles. The van der Waals surface area contributed by atoms with E-state index < -0.39 is 0 Å². The van der Waals surface area contributed by atoms with Gasteiger partial charge in [0.2, 0.25) is 11.8 Å². The Morgan fingerprint density at radius 1 is 1.28 bits per heavy atom. The van der Waals surface area contributed by atoms with E-state index in [1.165, 1.54) is 0 Å². The quantitative estimate of drug-likeness (QED) is 0.893. The van der Waals surface area contributed by atoms with Gasteiger partial charge in [0.25, 0.3) is 0 Å². The van der Waals surface area contributed by atoms with Gasteiger partial charge < -0.3 is 15.0 Å². The summed E-state index contributed by atoms with van der Waals surface area (Å²) >= 11 is 5.85. The Balaban J connectivity index is 1.61. The molecule has 1 N–H and O–H groups in total. The second-order valence-electron chi connectivity index (χ2n) is 5.95. The number of halogens is 1. The summed E-state index contributed by atoms with van der Waals surface area (Å²) in [5.74, 6) is 0.153. The molecule has 6 heteroatoms. The molecule has 1 heterocycles. The maximum absolute atomic E-state index is 12.4. The van der Waals surface area contributed by atoms with Crippen molar-refractivity contribution in [1.29, 1.82) is 0 Å². The fourth-order valence-corrected chi connectivity index (χ4v) is 2.97. The van der Waals surface area contributed by atoms with Crippen molar-refractivity contribution in [3.05, 3.63) is 59.1 Å². The first-order chi connectivity index (χ1) is 12.1. The van der Waals surface area contributed by atoms with E-state index in [9.17, 15) is 9.59 Å². The van der Waals surface area contributed by atoms with E-state index in [-0.39, 0.29) is 24.2 Å². The van der Waals surface area contributed by atoms with Crippen LogP contribution >= 0.6 is 11.6 Å². The van der Waals surface area contributed by atoms with Crippen LogP contribution in [0.3, 0.4) is 0 Å². The average molecular weight is 359 g/mol. The number of rotatable bonds is 5. The third-order valence-electron chi connectivity index (χ3n) is 4.24. The van der Waals surface area contributed by atoms with Gasteiger partial charge in [-0.05, 0) is 29.8 Å². The largest absolute Gasteiger partial charge is 0.497 e. The third-order valence-corrected chi connectivity index (χ3v) is 4.49. The molecule has 0 radical (unpaired) electrons. The summed E-state index contributed by atoms with van der Waals surface area (Å²) < 4.78 is 5.19. The van der Waals surface area contributed by atoms with Gasteiger partial charge in [0, 0.05) is 36.3 Å². The molecule has 1 atom stereocenters. The Morgan fingerprint density at radius 2 is 2.04 bits per heavy atom. The SMILES string of the molecule is COc1cccc(N2C[C@H](C(=O)NCc3ccc(Cl)cc3)CC2=O)c1. The molecule has 0 unspecified atom stereocenters. The van der Waals surface area contributed by atoms with Crippen LogP contribution in [0.5, 0.6) is 5.75 Å². The average Bonchev–Trinajstić information content (AvgIpc) is 3.03. The smallest absolute Gasteiger partial charge is 0.227 e. The van der Waals surface area contributed by atoms with Gasteiger partial charge in [-0.15, -0.1) is 0 Å². The van der Waals surface area contributed by atoms with E-state index in [1.807, 2.05) is 30.3 Å². The summed E-state index contributed by atoms with van der Waals surface area (Å²) in [6.45, 7) is 0.790. The number of hydrogen-bond acceptors (Lipinski definition) is 3. The minimum atomic E-state index is -0.356. The van der Waals surface area contributed by atoms with Crippen molar-refractivity contribution in [2.24, 2.45) is 5.92 Å². The lowest BCUT2D eigenvalue weighted by Gasteiger charge is -2.17. The van der Waals surface area contributed by atoms with E-state index in [2.05, 4.69) is 5.32 Å². The zero-order valence-corrected chi connectivity index (χ0v) is 14.6. The standard InChI is InChI=1S/C19H19ClN2O3/c1-25-17-4-2-3-16(10-17)22-12-14(9-18(22)23)19(24)21-11-13-5-7-15(20)8-6-13/h2-8,10,14H,9,11-12H2,1H3,(H,21,24)/t14-/m1/s1. The normalized spacial score (nSPS) is 16.8. The summed E-state index contributed by atoms with van der Waals surface area (Å²) in [6.07, 6.45) is 0.212. The highest BCUT2D eigenvalue weighted by atomic mass is 35.5. The number of benzene rings is 2. The lowest BCUT2D eigenvalue weighted by Crippen LogP contribution is -2.32. The Labute approximate surface area is 151 Å². The van der Waals surface area contributed by atoms with E-state index >= 15 is 0 Å². The highest BCUT2D eigenvalue weighted by Crippen LogP contribution is 2.28. The number of amides is 2. The van der Waals surface area contributed by atoms with E-state index in [1.54, 1.807) is 30.2 Å². The van der Waals surface area contributed by atoms with Gasteiger partial charge in [-0.3, -0.25) is 9.59 Å². The highest BCUT2D eigenvalue weighted by Gasteiger charge is 2.35. The molecule has 130 valence electrons. The number of hydrogen-bond donors (Lipinski definition) is 1. The number of ether oxygens (including phenoxy) is 1. The molecule has 3 rings (SSSR count). The number of carbonyl (C=O) groups is 2. The molecule has 2 amide bonds. The molecule has 1 saturated heterocycles. The Morgan fingerprint density at radius 3 is 2.76 bits per heavy atom. The van der Waals surface area contributed by atoms with E-state index in [0.29, 0.717) is 23.9 Å². The molecule has 2 aromatic rings. The number of nitrogens with one attached hydrogen (secondary N) is 1. The molecule has 0 aliphatic carbocycles. The number of anilines is 1. The summed E-state index contributed by atoms with van der Waals surface area (Å²) in [5, 5.41) is 3.55. The lowest BCUT2D eigenvalue weighted by atomic mass is 10.1. The summed E-state index contributed by atoms with van der Waals surface area (Å²) in [7, 11) is 1.58. The molecule has 0 saturated carbocycles. The van der Waals surface area contributed by atoms with Crippen LogP contribution in [0.15, 0.2) is 48.5 Å². The first-order valence-electron chi connectivity index (χ1n) is 8.03. The summed E-state index contributed by atoms with van der Waals surface area (Å²) in [4.78, 5) is 26.3. The molecule has 2 aromatic carbocycles. The second kappa shape index (κ2) is 7.57. The monoisotopic (exact) mass is 358 g/mol. The van der Waals surface area contributed by atoms with Crippen molar-refractivity contribution >= 4 is 29.1 Å². The van der Waals surface area contributed by atoms with Gasteiger partial charge in [0.05, 0.1) is 13.0 Å². The van der Waals surface area contributed by atoms with E-state index in [0.717, 1.165) is 11.3 Å². The van der Waals surface area contributed by atoms with Gasteiger partial charge in [0.15, 0.2) is 0 Å². The van der Waals surface area contributed by atoms with Crippen LogP contribution in [0.25, 0.3) is 0 Å². The highest BCUT2D eigenvalue weighted by molar-refractivity contribution is 6.30. The molecular weight excluding hydrogens is 340 g/mol. The van der Waals surface area contributed by atoms with Crippen molar-refractivity contribution in [1.82, 2.24) is 5.32 Å². The Kier molecular flexibility index (Phi) is 5.24. The summed E-state index contributed by atoms with van der Waals surface area (Å²) in [5.41, 5.74) is 1.71. The maximum atomic E-state index is 12.4. The van der Waals surface area contributed by atoms with Crippen molar-refractivity contribution < 1.29 is 14.3 Å². The van der Waals surface area contributed by atoms with Crippen molar-refractivity contribution in [3.8, 4) is 5.75 Å². The molecular formula is C19H19ClN2O3. The van der Waals surface area contributed by atoms with Crippen LogP contribution in [0.4, 0.5) is 5.69 Å². The van der Waals surface area contributed by atoms with Gasteiger partial charge in [-0.25, -0.2) is 0 Å².